The van der Waals surface area contributed by atoms with Gasteiger partial charge in [-0.3, -0.25) is 14.3 Å². The highest BCUT2D eigenvalue weighted by Gasteiger charge is 2.17. The second-order valence-corrected chi connectivity index (χ2v) is 6.55. The number of carbonyl (C=O) groups excluding carboxylic acids is 1. The van der Waals surface area contributed by atoms with Gasteiger partial charge in [0.25, 0.3) is 5.91 Å². The number of unbranched alkanes of at least 4 members (excludes halogenated alkanes) is 1. The van der Waals surface area contributed by atoms with Gasteiger partial charge in [-0.25, -0.2) is 0 Å². The number of pyridine rings is 1. The van der Waals surface area contributed by atoms with E-state index in [1.165, 1.54) is 16.7 Å². The predicted octanol–water partition coefficient (Wildman–Crippen LogP) is 4.22. The normalized spacial score (nSPS) is 11.5. The number of benzene rings is 1. The number of carbonyl (C=O) groups is 1. The van der Waals surface area contributed by atoms with Crippen LogP contribution in [0.4, 0.5) is 6.01 Å². The van der Waals surface area contributed by atoms with Gasteiger partial charge in [0.05, 0.1) is 0 Å². The molecule has 0 bridgehead atoms. The standard InChI is InChI=1S/C20H18N6O4/c1-2-3-10-26-18(28)14-5-4-13(11-15(14)19(26)29)17(27)23-24-20-22-16(25-30-20)12-6-8-21-9-7-12/h4-9,11,28-29H,2-3,10H2,1H3. The van der Waals surface area contributed by atoms with Gasteiger partial charge in [0, 0.05) is 40.8 Å². The van der Waals surface area contributed by atoms with Crippen LogP contribution in [0.3, 0.4) is 0 Å². The van der Waals surface area contributed by atoms with Crippen molar-refractivity contribution < 1.29 is 19.5 Å². The maximum Gasteiger partial charge on any atom is 0.366 e. The number of nitrogens with zero attached hydrogens (tertiary/aromatic N) is 6. The minimum Gasteiger partial charge on any atom is -0.494 e. The van der Waals surface area contributed by atoms with Crippen LogP contribution in [0.5, 0.6) is 11.8 Å². The number of amides is 1. The van der Waals surface area contributed by atoms with Crippen molar-refractivity contribution >= 4 is 22.7 Å². The topological polar surface area (TPSA) is 139 Å². The van der Waals surface area contributed by atoms with Crippen molar-refractivity contribution in [2.75, 3.05) is 0 Å². The minimum absolute atomic E-state index is 0.0360. The molecular weight excluding hydrogens is 388 g/mol. The Balaban J connectivity index is 1.56. The highest BCUT2D eigenvalue weighted by atomic mass is 16.5. The first-order valence-corrected chi connectivity index (χ1v) is 9.33. The van der Waals surface area contributed by atoms with E-state index in [4.69, 9.17) is 4.52 Å². The zero-order chi connectivity index (χ0) is 21.1. The van der Waals surface area contributed by atoms with Crippen molar-refractivity contribution in [1.82, 2.24) is 19.7 Å². The van der Waals surface area contributed by atoms with Crippen LogP contribution in [0.25, 0.3) is 22.2 Å². The van der Waals surface area contributed by atoms with E-state index in [1.54, 1.807) is 30.6 Å². The molecule has 0 saturated carbocycles. The smallest absolute Gasteiger partial charge is 0.366 e. The summed E-state index contributed by atoms with van der Waals surface area (Å²) >= 11 is 0. The predicted molar refractivity (Wildman–Crippen MR) is 107 cm³/mol. The highest BCUT2D eigenvalue weighted by Crippen LogP contribution is 2.37. The number of hydrogen-bond donors (Lipinski definition) is 2. The lowest BCUT2D eigenvalue weighted by atomic mass is 10.1. The maximum absolute atomic E-state index is 12.4. The van der Waals surface area contributed by atoms with Gasteiger partial charge in [-0.15, -0.1) is 5.11 Å². The van der Waals surface area contributed by atoms with Gasteiger partial charge < -0.3 is 14.7 Å². The summed E-state index contributed by atoms with van der Waals surface area (Å²) in [5.74, 6) is -0.484. The summed E-state index contributed by atoms with van der Waals surface area (Å²) in [5.41, 5.74) is 0.887. The van der Waals surface area contributed by atoms with E-state index >= 15 is 0 Å². The molecule has 4 aromatic rings. The van der Waals surface area contributed by atoms with E-state index in [0.29, 0.717) is 28.7 Å². The third-order valence-electron chi connectivity index (χ3n) is 4.58. The highest BCUT2D eigenvalue weighted by molar-refractivity contribution is 6.01. The van der Waals surface area contributed by atoms with Gasteiger partial charge in [0.2, 0.25) is 17.6 Å². The van der Waals surface area contributed by atoms with Gasteiger partial charge in [-0.2, -0.15) is 4.98 Å². The monoisotopic (exact) mass is 406 g/mol. The average molecular weight is 406 g/mol. The largest absolute Gasteiger partial charge is 0.494 e. The maximum atomic E-state index is 12.4. The SMILES string of the molecule is CCCCn1c(O)c2ccc(C(=O)N=Nc3nc(-c4ccncc4)no3)cc2c1O. The summed E-state index contributed by atoms with van der Waals surface area (Å²) in [6, 6.07) is 7.78. The second-order valence-electron chi connectivity index (χ2n) is 6.55. The van der Waals surface area contributed by atoms with Gasteiger partial charge >= 0.3 is 6.01 Å². The quantitative estimate of drug-likeness (QED) is 0.457. The molecular formula is C20H18N6O4. The fraction of sp³-hybridized carbons (Fsp3) is 0.200. The van der Waals surface area contributed by atoms with E-state index in [0.717, 1.165) is 12.8 Å². The zero-order valence-corrected chi connectivity index (χ0v) is 16.1. The molecule has 0 fully saturated rings. The molecule has 2 N–H and O–H groups in total. The second kappa shape index (κ2) is 8.11. The molecule has 0 aliphatic heterocycles. The molecule has 0 unspecified atom stereocenters. The Morgan fingerprint density at radius 1 is 1.13 bits per heavy atom. The van der Waals surface area contributed by atoms with Gasteiger partial charge in [-0.05, 0) is 36.8 Å². The first kappa shape index (κ1) is 19.2. The van der Waals surface area contributed by atoms with Crippen molar-refractivity contribution in [3.8, 4) is 23.1 Å². The number of hydrogen-bond acceptors (Lipinski definition) is 8. The molecule has 0 atom stereocenters. The molecule has 1 amide bonds. The van der Waals surface area contributed by atoms with Crippen LogP contribution in [-0.4, -0.2) is 35.8 Å². The third kappa shape index (κ3) is 3.62. The molecule has 3 aromatic heterocycles. The van der Waals surface area contributed by atoms with Gasteiger partial charge in [0.1, 0.15) is 0 Å². The summed E-state index contributed by atoms with van der Waals surface area (Å²) in [6.07, 6.45) is 4.90. The Labute approximate surface area is 170 Å². The zero-order valence-electron chi connectivity index (χ0n) is 16.1. The number of fused-ring (bicyclic) bond motifs is 1. The van der Waals surface area contributed by atoms with Crippen molar-refractivity contribution in [2.45, 2.75) is 26.3 Å². The Morgan fingerprint density at radius 2 is 1.90 bits per heavy atom. The van der Waals surface area contributed by atoms with E-state index in [2.05, 4.69) is 25.4 Å². The van der Waals surface area contributed by atoms with Crippen molar-refractivity contribution in [1.29, 1.82) is 0 Å². The number of aromatic hydroxyl groups is 2. The molecule has 10 heteroatoms. The fourth-order valence-electron chi connectivity index (χ4n) is 3.00. The Bertz CT molecular complexity index is 1230. The van der Waals surface area contributed by atoms with E-state index in [9.17, 15) is 15.0 Å². The molecule has 0 aliphatic carbocycles. The molecule has 1 aromatic carbocycles. The molecule has 0 saturated heterocycles. The Morgan fingerprint density at radius 3 is 2.67 bits per heavy atom. The molecule has 3 heterocycles. The van der Waals surface area contributed by atoms with E-state index in [-0.39, 0.29) is 23.3 Å². The molecule has 30 heavy (non-hydrogen) atoms. The fourth-order valence-corrected chi connectivity index (χ4v) is 3.00. The Kier molecular flexibility index (Phi) is 5.21. The molecule has 0 aliphatic rings. The summed E-state index contributed by atoms with van der Waals surface area (Å²) in [6.45, 7) is 2.49. The lowest BCUT2D eigenvalue weighted by Crippen LogP contribution is -1.95. The molecule has 152 valence electrons. The molecule has 0 spiro atoms. The first-order chi connectivity index (χ1) is 14.6. The minimum atomic E-state index is -0.652. The van der Waals surface area contributed by atoms with Crippen LogP contribution in [0, 0.1) is 0 Å². The van der Waals surface area contributed by atoms with Crippen LogP contribution in [-0.2, 0) is 6.54 Å². The van der Waals surface area contributed by atoms with Crippen molar-refractivity contribution in [3.05, 3.63) is 48.3 Å². The lowest BCUT2D eigenvalue weighted by molar-refractivity contribution is 0.0994. The number of azo groups is 1. The Hall–Kier alpha value is -4.08. The van der Waals surface area contributed by atoms with Crippen molar-refractivity contribution in [3.63, 3.8) is 0 Å². The van der Waals surface area contributed by atoms with Crippen molar-refractivity contribution in [2.24, 2.45) is 10.2 Å². The van der Waals surface area contributed by atoms with Crippen LogP contribution in [0.2, 0.25) is 0 Å². The first-order valence-electron chi connectivity index (χ1n) is 9.33. The van der Waals surface area contributed by atoms with E-state index in [1.807, 2.05) is 6.92 Å². The van der Waals surface area contributed by atoms with Crippen LogP contribution in [0.1, 0.15) is 30.1 Å². The van der Waals surface area contributed by atoms with Gasteiger partial charge in [-0.1, -0.05) is 23.6 Å². The third-order valence-corrected chi connectivity index (χ3v) is 4.58. The average Bonchev–Trinajstić information content (AvgIpc) is 3.35. The summed E-state index contributed by atoms with van der Waals surface area (Å²) in [5, 5.41) is 32.7. The van der Waals surface area contributed by atoms with Crippen LogP contribution >= 0.6 is 0 Å². The number of aromatic nitrogens is 4. The molecule has 4 rings (SSSR count). The van der Waals surface area contributed by atoms with E-state index < -0.39 is 5.91 Å². The summed E-state index contributed by atoms with van der Waals surface area (Å²) in [4.78, 5) is 20.4. The number of rotatable bonds is 6. The summed E-state index contributed by atoms with van der Waals surface area (Å²) in [7, 11) is 0. The van der Waals surface area contributed by atoms with Crippen LogP contribution in [0.15, 0.2) is 57.5 Å². The van der Waals surface area contributed by atoms with Gasteiger partial charge in [0.15, 0.2) is 0 Å². The lowest BCUT2D eigenvalue weighted by Gasteiger charge is -2.04. The molecule has 0 radical (unpaired) electrons. The molecule has 10 nitrogen and oxygen atoms in total. The summed E-state index contributed by atoms with van der Waals surface area (Å²) < 4.78 is 6.40. The van der Waals surface area contributed by atoms with Crippen LogP contribution < -0.4 is 0 Å².